The van der Waals surface area contributed by atoms with E-state index >= 15 is 0 Å². The number of benzene rings is 2. The van der Waals surface area contributed by atoms with Crippen molar-refractivity contribution in [2.24, 2.45) is 0 Å². The molecule has 3 N–H and O–H groups in total. The number of carboxylic acid groups (broad SMARTS) is 1. The van der Waals surface area contributed by atoms with Crippen molar-refractivity contribution in [3.8, 4) is 5.75 Å². The zero-order chi connectivity index (χ0) is 21.8. The van der Waals surface area contributed by atoms with E-state index in [1.54, 1.807) is 24.1 Å². The Labute approximate surface area is 178 Å². The lowest BCUT2D eigenvalue weighted by molar-refractivity contribution is 0.0728. The summed E-state index contributed by atoms with van der Waals surface area (Å²) in [5, 5.41) is 14.3. The van der Waals surface area contributed by atoms with Crippen LogP contribution in [0.3, 0.4) is 0 Å². The van der Waals surface area contributed by atoms with Gasteiger partial charge in [-0.15, -0.1) is 0 Å². The molecular weight excluding hydrogens is 398 g/mol. The van der Waals surface area contributed by atoms with E-state index in [2.05, 4.69) is 26.7 Å². The molecule has 3 aromatic rings. The fourth-order valence-electron chi connectivity index (χ4n) is 3.49. The Hall–Kier alpha value is -4.14. The Bertz CT molecular complexity index is 1130. The number of amides is 2. The number of fused-ring (bicyclic) bond motifs is 1. The van der Waals surface area contributed by atoms with E-state index < -0.39 is 6.09 Å². The van der Waals surface area contributed by atoms with Gasteiger partial charge in [0.2, 0.25) is 5.95 Å². The van der Waals surface area contributed by atoms with Gasteiger partial charge >= 0.3 is 6.09 Å². The summed E-state index contributed by atoms with van der Waals surface area (Å²) in [6.07, 6.45) is -0.570. The minimum atomic E-state index is -1.32. The zero-order valence-electron chi connectivity index (χ0n) is 16.8. The van der Waals surface area contributed by atoms with Gasteiger partial charge in [0.1, 0.15) is 17.3 Å². The first-order valence-electron chi connectivity index (χ1n) is 9.68. The van der Waals surface area contributed by atoms with Crippen LogP contribution in [0.1, 0.15) is 21.6 Å². The number of rotatable bonds is 5. The van der Waals surface area contributed by atoms with Crippen molar-refractivity contribution in [1.29, 1.82) is 0 Å². The average molecular weight is 419 g/mol. The van der Waals surface area contributed by atoms with E-state index in [0.717, 1.165) is 12.0 Å². The Kier molecular flexibility index (Phi) is 5.65. The predicted octanol–water partition coefficient (Wildman–Crippen LogP) is 3.52. The molecule has 9 nitrogen and oxygen atoms in total. The van der Waals surface area contributed by atoms with Crippen LogP contribution in [0.5, 0.6) is 5.75 Å². The molecule has 2 aromatic carbocycles. The van der Waals surface area contributed by atoms with Gasteiger partial charge in [-0.2, -0.15) is 4.98 Å². The number of ether oxygens (including phenoxy) is 1. The number of carbonyl (C=O) groups is 2. The molecule has 2 heterocycles. The molecule has 9 heteroatoms. The summed E-state index contributed by atoms with van der Waals surface area (Å²) in [7, 11) is 1.54. The third kappa shape index (κ3) is 4.55. The summed E-state index contributed by atoms with van der Waals surface area (Å²) in [5.41, 5.74) is 3.03. The van der Waals surface area contributed by atoms with Crippen LogP contribution in [-0.2, 0) is 13.0 Å². The fraction of sp³-hybridized carbons (Fsp3) is 0.182. The summed E-state index contributed by atoms with van der Waals surface area (Å²) in [6.45, 7) is 1.02. The average Bonchev–Trinajstić information content (AvgIpc) is 2.78. The number of carbonyl (C=O) groups excluding carboxylic acids is 1. The highest BCUT2D eigenvalue weighted by Gasteiger charge is 2.24. The molecule has 0 saturated heterocycles. The van der Waals surface area contributed by atoms with E-state index in [9.17, 15) is 9.59 Å². The SMILES string of the molecule is COc1ccccc1Nc1cc(C(=O)N2CCc3ccccc3C2)nc(NC(=O)O)n1. The molecule has 1 aliphatic rings. The number of nitrogens with zero attached hydrogens (tertiary/aromatic N) is 3. The van der Waals surface area contributed by atoms with Crippen LogP contribution in [0.2, 0.25) is 0 Å². The first-order chi connectivity index (χ1) is 15.0. The van der Waals surface area contributed by atoms with Crippen LogP contribution < -0.4 is 15.4 Å². The van der Waals surface area contributed by atoms with Crippen LogP contribution in [0.4, 0.5) is 22.2 Å². The van der Waals surface area contributed by atoms with Crippen molar-refractivity contribution >= 4 is 29.5 Å². The maximum atomic E-state index is 13.2. The minimum absolute atomic E-state index is 0.0931. The van der Waals surface area contributed by atoms with Gasteiger partial charge in [0.15, 0.2) is 0 Å². The molecule has 0 unspecified atom stereocenters. The Morgan fingerprint density at radius 2 is 1.81 bits per heavy atom. The lowest BCUT2D eigenvalue weighted by Gasteiger charge is -2.28. The standard InChI is InChI=1S/C22H21N5O4/c1-31-18-9-5-4-8-16(18)23-19-12-17(24-21(25-19)26-22(29)30)20(28)27-11-10-14-6-2-3-7-15(14)13-27/h2-9,12H,10-11,13H2,1H3,(H,29,30)(H2,23,24,25,26). The van der Waals surface area contributed by atoms with Gasteiger partial charge in [0, 0.05) is 19.2 Å². The van der Waals surface area contributed by atoms with E-state index in [4.69, 9.17) is 9.84 Å². The molecule has 158 valence electrons. The lowest BCUT2D eigenvalue weighted by atomic mass is 10.00. The molecule has 31 heavy (non-hydrogen) atoms. The van der Waals surface area contributed by atoms with Crippen molar-refractivity contribution in [2.75, 3.05) is 24.3 Å². The number of nitrogens with one attached hydrogen (secondary N) is 2. The van der Waals surface area contributed by atoms with Crippen LogP contribution >= 0.6 is 0 Å². The second-order valence-electron chi connectivity index (χ2n) is 6.96. The highest BCUT2D eigenvalue weighted by molar-refractivity contribution is 5.94. The number of methoxy groups -OCH3 is 1. The first-order valence-corrected chi connectivity index (χ1v) is 9.68. The second-order valence-corrected chi connectivity index (χ2v) is 6.96. The molecule has 0 spiro atoms. The fourth-order valence-corrected chi connectivity index (χ4v) is 3.49. The zero-order valence-corrected chi connectivity index (χ0v) is 16.8. The van der Waals surface area contributed by atoms with Crippen LogP contribution in [0.25, 0.3) is 0 Å². The van der Waals surface area contributed by atoms with E-state index in [0.29, 0.717) is 24.5 Å². The number of anilines is 3. The van der Waals surface area contributed by atoms with Crippen molar-refractivity contribution in [1.82, 2.24) is 14.9 Å². The normalized spacial score (nSPS) is 12.6. The number of hydrogen-bond acceptors (Lipinski definition) is 6. The molecule has 0 atom stereocenters. The number of hydrogen-bond donors (Lipinski definition) is 3. The van der Waals surface area contributed by atoms with Crippen LogP contribution in [-0.4, -0.2) is 45.6 Å². The highest BCUT2D eigenvalue weighted by Crippen LogP contribution is 2.27. The van der Waals surface area contributed by atoms with Crippen LogP contribution in [0, 0.1) is 0 Å². The van der Waals surface area contributed by atoms with E-state index in [1.807, 2.05) is 30.3 Å². The number of para-hydroxylation sites is 2. The molecule has 2 amide bonds. The van der Waals surface area contributed by atoms with Gasteiger partial charge in [-0.3, -0.25) is 10.1 Å². The monoisotopic (exact) mass is 419 g/mol. The molecule has 1 aliphatic heterocycles. The van der Waals surface area contributed by atoms with Crippen molar-refractivity contribution in [3.05, 3.63) is 71.4 Å². The molecule has 4 rings (SSSR count). The lowest BCUT2D eigenvalue weighted by Crippen LogP contribution is -2.36. The maximum absolute atomic E-state index is 13.2. The largest absolute Gasteiger partial charge is 0.495 e. The molecule has 1 aromatic heterocycles. The quantitative estimate of drug-likeness (QED) is 0.579. The minimum Gasteiger partial charge on any atom is -0.495 e. The van der Waals surface area contributed by atoms with Gasteiger partial charge in [-0.1, -0.05) is 36.4 Å². The van der Waals surface area contributed by atoms with E-state index in [-0.39, 0.29) is 23.4 Å². The maximum Gasteiger partial charge on any atom is 0.411 e. The first kappa shape index (κ1) is 20.1. The predicted molar refractivity (Wildman–Crippen MR) is 115 cm³/mol. The topological polar surface area (TPSA) is 117 Å². The van der Waals surface area contributed by atoms with E-state index in [1.165, 1.54) is 11.6 Å². The third-order valence-corrected chi connectivity index (χ3v) is 4.95. The van der Waals surface area contributed by atoms with Gasteiger partial charge in [0.05, 0.1) is 12.8 Å². The summed E-state index contributed by atoms with van der Waals surface area (Å²) < 4.78 is 5.33. The summed E-state index contributed by atoms with van der Waals surface area (Å²) >= 11 is 0. The third-order valence-electron chi connectivity index (χ3n) is 4.95. The molecule has 0 aliphatic carbocycles. The Morgan fingerprint density at radius 3 is 2.58 bits per heavy atom. The van der Waals surface area contributed by atoms with Crippen molar-refractivity contribution in [2.45, 2.75) is 13.0 Å². The number of aromatic nitrogens is 2. The highest BCUT2D eigenvalue weighted by atomic mass is 16.5. The summed E-state index contributed by atoms with van der Waals surface area (Å²) in [5.74, 6) is 0.361. The smallest absolute Gasteiger partial charge is 0.411 e. The Morgan fingerprint density at radius 1 is 1.06 bits per heavy atom. The van der Waals surface area contributed by atoms with Gasteiger partial charge in [0.25, 0.3) is 5.91 Å². The van der Waals surface area contributed by atoms with Crippen molar-refractivity contribution in [3.63, 3.8) is 0 Å². The van der Waals surface area contributed by atoms with Crippen molar-refractivity contribution < 1.29 is 19.4 Å². The Balaban J connectivity index is 1.64. The van der Waals surface area contributed by atoms with Gasteiger partial charge in [-0.05, 0) is 29.7 Å². The molecular formula is C22H21N5O4. The van der Waals surface area contributed by atoms with Gasteiger partial charge < -0.3 is 20.1 Å². The molecule has 0 bridgehead atoms. The van der Waals surface area contributed by atoms with Crippen LogP contribution in [0.15, 0.2) is 54.6 Å². The molecule has 0 saturated carbocycles. The molecule has 0 radical (unpaired) electrons. The van der Waals surface area contributed by atoms with Gasteiger partial charge in [-0.25, -0.2) is 9.78 Å². The summed E-state index contributed by atoms with van der Waals surface area (Å²) in [4.78, 5) is 34.3. The molecule has 0 fully saturated rings. The summed E-state index contributed by atoms with van der Waals surface area (Å²) in [6, 6.07) is 16.7. The second kappa shape index (κ2) is 8.70.